The highest BCUT2D eigenvalue weighted by molar-refractivity contribution is 5.21. The lowest BCUT2D eigenvalue weighted by Gasteiger charge is -2.16. The first-order valence-electron chi connectivity index (χ1n) is 6.79. The van der Waals surface area contributed by atoms with Crippen LogP contribution in [0.3, 0.4) is 0 Å². The second kappa shape index (κ2) is 7.51. The van der Waals surface area contributed by atoms with Crippen LogP contribution in [0.5, 0.6) is 0 Å². The highest BCUT2D eigenvalue weighted by Crippen LogP contribution is 2.16. The summed E-state index contributed by atoms with van der Waals surface area (Å²) in [5.74, 6) is -1.14. The van der Waals surface area contributed by atoms with E-state index in [0.717, 1.165) is 11.6 Å². The van der Waals surface area contributed by atoms with Crippen LogP contribution in [0.4, 0.5) is 8.78 Å². The van der Waals surface area contributed by atoms with E-state index < -0.39 is 11.6 Å². The van der Waals surface area contributed by atoms with Crippen LogP contribution in [-0.4, -0.2) is 6.54 Å². The van der Waals surface area contributed by atoms with Gasteiger partial charge in [0.25, 0.3) is 0 Å². The van der Waals surface area contributed by atoms with E-state index in [1.807, 2.05) is 30.3 Å². The van der Waals surface area contributed by atoms with Crippen molar-refractivity contribution in [2.45, 2.75) is 18.9 Å². The van der Waals surface area contributed by atoms with Crippen LogP contribution >= 0.6 is 0 Å². The van der Waals surface area contributed by atoms with Crippen LogP contribution in [-0.2, 0) is 6.42 Å². The first kappa shape index (κ1) is 15.1. The van der Waals surface area contributed by atoms with Crippen LogP contribution in [0.15, 0.2) is 48.5 Å². The molecule has 0 amide bonds. The van der Waals surface area contributed by atoms with Crippen LogP contribution < -0.4 is 5.32 Å². The Morgan fingerprint density at radius 3 is 2.33 bits per heavy atom. The maximum Gasteiger partial charge on any atom is 0.126 e. The van der Waals surface area contributed by atoms with E-state index in [2.05, 4.69) is 11.4 Å². The molecule has 1 unspecified atom stereocenters. The molecule has 2 nitrogen and oxygen atoms in total. The minimum Gasteiger partial charge on any atom is -0.309 e. The van der Waals surface area contributed by atoms with Gasteiger partial charge in [-0.3, -0.25) is 0 Å². The lowest BCUT2D eigenvalue weighted by Crippen LogP contribution is -2.23. The molecule has 2 rings (SSSR count). The van der Waals surface area contributed by atoms with Crippen LogP contribution in [0.2, 0.25) is 0 Å². The quantitative estimate of drug-likeness (QED) is 0.877. The van der Waals surface area contributed by atoms with Gasteiger partial charge in [-0.15, -0.1) is 0 Å². The fraction of sp³-hybridized carbons (Fsp3) is 0.235. The molecule has 4 heteroatoms. The Balaban J connectivity index is 1.95. The monoisotopic (exact) mass is 286 g/mol. The van der Waals surface area contributed by atoms with Crippen molar-refractivity contribution in [2.24, 2.45) is 0 Å². The minimum atomic E-state index is -0.568. The number of benzene rings is 2. The molecule has 2 aromatic carbocycles. The molecule has 0 saturated carbocycles. The minimum absolute atomic E-state index is 0.0744. The molecule has 0 radical (unpaired) electrons. The van der Waals surface area contributed by atoms with Crippen LogP contribution in [0, 0.1) is 23.0 Å². The summed E-state index contributed by atoms with van der Waals surface area (Å²) in [7, 11) is 0. The number of hydrogen-bond donors (Lipinski definition) is 1. The Hall–Kier alpha value is -2.25. The first-order chi connectivity index (χ1) is 10.2. The van der Waals surface area contributed by atoms with E-state index in [-0.39, 0.29) is 6.04 Å². The number of rotatable bonds is 6. The highest BCUT2D eigenvalue weighted by Gasteiger charge is 2.10. The van der Waals surface area contributed by atoms with Gasteiger partial charge < -0.3 is 5.32 Å². The largest absolute Gasteiger partial charge is 0.309 e. The van der Waals surface area contributed by atoms with E-state index in [9.17, 15) is 8.78 Å². The molecule has 21 heavy (non-hydrogen) atoms. The SMILES string of the molecule is N#CCC(NCCc1cc(F)cc(F)c1)c1ccccc1. The number of nitriles is 1. The van der Waals surface area contributed by atoms with Crippen molar-refractivity contribution in [2.75, 3.05) is 6.54 Å². The molecule has 0 saturated heterocycles. The molecule has 1 atom stereocenters. The Bertz CT molecular complexity index is 600. The molecule has 2 aromatic rings. The smallest absolute Gasteiger partial charge is 0.126 e. The zero-order valence-electron chi connectivity index (χ0n) is 11.5. The predicted molar refractivity (Wildman–Crippen MR) is 77.5 cm³/mol. The molecule has 1 N–H and O–H groups in total. The molecule has 0 fully saturated rings. The topological polar surface area (TPSA) is 35.8 Å². The van der Waals surface area contributed by atoms with Gasteiger partial charge in [0.2, 0.25) is 0 Å². The molecule has 0 aliphatic heterocycles. The average molecular weight is 286 g/mol. The number of hydrogen-bond acceptors (Lipinski definition) is 2. The van der Waals surface area contributed by atoms with Gasteiger partial charge in [-0.1, -0.05) is 30.3 Å². The van der Waals surface area contributed by atoms with Crippen molar-refractivity contribution < 1.29 is 8.78 Å². The summed E-state index contributed by atoms with van der Waals surface area (Å²) in [4.78, 5) is 0. The summed E-state index contributed by atoms with van der Waals surface area (Å²) in [5.41, 5.74) is 1.63. The van der Waals surface area contributed by atoms with Gasteiger partial charge in [0.05, 0.1) is 12.5 Å². The summed E-state index contributed by atoms with van der Waals surface area (Å²) in [6, 6.07) is 15.3. The summed E-state index contributed by atoms with van der Waals surface area (Å²) in [6.45, 7) is 0.546. The fourth-order valence-electron chi connectivity index (χ4n) is 2.23. The van der Waals surface area contributed by atoms with Gasteiger partial charge >= 0.3 is 0 Å². The standard InChI is InChI=1S/C17H16F2N2/c18-15-10-13(11-16(19)12-15)7-9-21-17(6-8-20)14-4-2-1-3-5-14/h1-5,10-12,17,21H,6-7,9H2. The lowest BCUT2D eigenvalue weighted by molar-refractivity contribution is 0.541. The molecule has 0 aromatic heterocycles. The summed E-state index contributed by atoms with van der Waals surface area (Å²) in [6.07, 6.45) is 0.852. The highest BCUT2D eigenvalue weighted by atomic mass is 19.1. The van der Waals surface area contributed by atoms with Gasteiger partial charge in [-0.25, -0.2) is 8.78 Å². The first-order valence-corrected chi connectivity index (χ1v) is 6.79. The van der Waals surface area contributed by atoms with Gasteiger partial charge in [-0.05, 0) is 36.2 Å². The molecule has 0 bridgehead atoms. The van der Waals surface area contributed by atoms with Crippen molar-refractivity contribution in [3.8, 4) is 6.07 Å². The Morgan fingerprint density at radius 1 is 1.05 bits per heavy atom. The second-order valence-corrected chi connectivity index (χ2v) is 4.81. The van der Waals surface area contributed by atoms with E-state index in [4.69, 9.17) is 5.26 Å². The van der Waals surface area contributed by atoms with Crippen molar-refractivity contribution in [3.63, 3.8) is 0 Å². The van der Waals surface area contributed by atoms with E-state index in [0.29, 0.717) is 24.9 Å². The summed E-state index contributed by atoms with van der Waals surface area (Å²) in [5, 5.41) is 12.2. The molecule has 0 aliphatic rings. The normalized spacial score (nSPS) is 11.9. The number of halogens is 2. The van der Waals surface area contributed by atoms with Gasteiger partial charge in [0.15, 0.2) is 0 Å². The second-order valence-electron chi connectivity index (χ2n) is 4.81. The predicted octanol–water partition coefficient (Wildman–Crippen LogP) is 3.75. The molecule has 0 spiro atoms. The van der Waals surface area contributed by atoms with Crippen molar-refractivity contribution in [1.82, 2.24) is 5.32 Å². The molecule has 108 valence electrons. The third-order valence-corrected chi connectivity index (χ3v) is 3.22. The zero-order valence-corrected chi connectivity index (χ0v) is 11.5. The van der Waals surface area contributed by atoms with Gasteiger partial charge in [-0.2, -0.15) is 5.26 Å². The lowest BCUT2D eigenvalue weighted by atomic mass is 10.0. The Labute approximate surface area is 123 Å². The zero-order chi connectivity index (χ0) is 15.1. The van der Waals surface area contributed by atoms with Crippen LogP contribution in [0.1, 0.15) is 23.6 Å². The fourth-order valence-corrected chi connectivity index (χ4v) is 2.23. The third kappa shape index (κ3) is 4.66. The summed E-state index contributed by atoms with van der Waals surface area (Å²) < 4.78 is 26.2. The van der Waals surface area contributed by atoms with E-state index >= 15 is 0 Å². The van der Waals surface area contributed by atoms with Gasteiger partial charge in [0.1, 0.15) is 11.6 Å². The Kier molecular flexibility index (Phi) is 5.42. The van der Waals surface area contributed by atoms with Gasteiger partial charge in [0, 0.05) is 12.1 Å². The van der Waals surface area contributed by atoms with E-state index in [1.54, 1.807) is 0 Å². The maximum atomic E-state index is 13.1. The maximum absolute atomic E-state index is 13.1. The molecular formula is C17H16F2N2. The molecular weight excluding hydrogens is 270 g/mol. The third-order valence-electron chi connectivity index (χ3n) is 3.22. The van der Waals surface area contributed by atoms with Crippen molar-refractivity contribution >= 4 is 0 Å². The molecule has 0 heterocycles. The summed E-state index contributed by atoms with van der Waals surface area (Å²) >= 11 is 0. The number of nitrogens with zero attached hydrogens (tertiary/aromatic N) is 1. The molecule has 0 aliphatic carbocycles. The number of nitrogens with one attached hydrogen (secondary N) is 1. The Morgan fingerprint density at radius 2 is 1.71 bits per heavy atom. The van der Waals surface area contributed by atoms with Crippen LogP contribution in [0.25, 0.3) is 0 Å². The van der Waals surface area contributed by atoms with Crippen molar-refractivity contribution in [3.05, 3.63) is 71.3 Å². The van der Waals surface area contributed by atoms with Crippen molar-refractivity contribution in [1.29, 1.82) is 5.26 Å². The van der Waals surface area contributed by atoms with E-state index in [1.165, 1.54) is 12.1 Å². The average Bonchev–Trinajstić information content (AvgIpc) is 2.46.